The Kier molecular flexibility index (Phi) is 3.90. The number of halogens is 2. The Morgan fingerprint density at radius 3 is 2.89 bits per heavy atom. The van der Waals surface area contributed by atoms with E-state index in [1.54, 1.807) is 18.3 Å². The van der Waals surface area contributed by atoms with Crippen LogP contribution in [0.5, 0.6) is 11.6 Å². The Morgan fingerprint density at radius 1 is 1.39 bits per heavy atom. The third-order valence-corrected chi connectivity index (χ3v) is 2.87. The number of nitrogens with zero attached hydrogens (tertiary/aromatic N) is 2. The van der Waals surface area contributed by atoms with Gasteiger partial charge in [0.05, 0.1) is 5.56 Å². The summed E-state index contributed by atoms with van der Waals surface area (Å²) in [6, 6.07) is 9.49. The Bertz CT molecular complexity index is 610. The molecule has 1 aromatic carbocycles. The van der Waals surface area contributed by atoms with Crippen molar-refractivity contribution in [3.8, 4) is 17.7 Å². The second-order valence-electron chi connectivity index (χ2n) is 3.46. The molecule has 0 N–H and O–H groups in total. The highest BCUT2D eigenvalue weighted by atomic mass is 79.9. The molecular weight excluding hydrogens is 299 g/mol. The maximum Gasteiger partial charge on any atom is 0.223 e. The Balaban J connectivity index is 2.29. The van der Waals surface area contributed by atoms with E-state index in [0.717, 1.165) is 5.56 Å². The standard InChI is InChI=1S/C13H8BrFN2O/c14-7-9-2-1-5-17-13(9)18-11-4-3-10(8-16)12(15)6-11/h1-6H,7H2. The van der Waals surface area contributed by atoms with Crippen LogP contribution in [0.25, 0.3) is 0 Å². The number of hydrogen-bond acceptors (Lipinski definition) is 3. The van der Waals surface area contributed by atoms with E-state index in [0.29, 0.717) is 17.0 Å². The largest absolute Gasteiger partial charge is 0.439 e. The number of benzene rings is 1. The molecule has 0 radical (unpaired) electrons. The Morgan fingerprint density at radius 2 is 2.22 bits per heavy atom. The van der Waals surface area contributed by atoms with Crippen LogP contribution in [0.2, 0.25) is 0 Å². The van der Waals surface area contributed by atoms with Crippen LogP contribution in [0.1, 0.15) is 11.1 Å². The van der Waals surface area contributed by atoms with E-state index in [1.807, 2.05) is 6.07 Å². The first-order chi connectivity index (χ1) is 8.74. The number of alkyl halides is 1. The topological polar surface area (TPSA) is 45.9 Å². The monoisotopic (exact) mass is 306 g/mol. The zero-order chi connectivity index (χ0) is 13.0. The van der Waals surface area contributed by atoms with Gasteiger partial charge in [-0.3, -0.25) is 0 Å². The van der Waals surface area contributed by atoms with E-state index in [1.165, 1.54) is 18.2 Å². The van der Waals surface area contributed by atoms with Crippen molar-refractivity contribution >= 4 is 15.9 Å². The number of nitriles is 1. The van der Waals surface area contributed by atoms with E-state index in [4.69, 9.17) is 10.00 Å². The smallest absolute Gasteiger partial charge is 0.223 e. The first-order valence-electron chi connectivity index (χ1n) is 5.12. The lowest BCUT2D eigenvalue weighted by atomic mass is 10.2. The number of rotatable bonds is 3. The summed E-state index contributed by atoms with van der Waals surface area (Å²) < 4.78 is 18.9. The SMILES string of the molecule is N#Cc1ccc(Oc2ncccc2CBr)cc1F. The van der Waals surface area contributed by atoms with Crippen LogP contribution in [-0.2, 0) is 5.33 Å². The molecule has 2 aromatic rings. The van der Waals surface area contributed by atoms with Gasteiger partial charge in [-0.15, -0.1) is 0 Å². The highest BCUT2D eigenvalue weighted by molar-refractivity contribution is 9.08. The fourth-order valence-corrected chi connectivity index (χ4v) is 1.81. The minimum Gasteiger partial charge on any atom is -0.439 e. The molecule has 1 aromatic heterocycles. The zero-order valence-electron chi connectivity index (χ0n) is 9.23. The summed E-state index contributed by atoms with van der Waals surface area (Å²) >= 11 is 3.32. The van der Waals surface area contributed by atoms with Gasteiger partial charge in [-0.1, -0.05) is 22.0 Å². The van der Waals surface area contributed by atoms with Crippen LogP contribution < -0.4 is 4.74 Å². The highest BCUT2D eigenvalue weighted by Crippen LogP contribution is 2.25. The van der Waals surface area contributed by atoms with Gasteiger partial charge in [0.15, 0.2) is 0 Å². The number of hydrogen-bond donors (Lipinski definition) is 0. The van der Waals surface area contributed by atoms with E-state index in [9.17, 15) is 4.39 Å². The van der Waals surface area contributed by atoms with E-state index < -0.39 is 5.82 Å². The maximum absolute atomic E-state index is 13.4. The normalized spacial score (nSPS) is 9.83. The predicted octanol–water partition coefficient (Wildman–Crippen LogP) is 3.78. The molecule has 0 spiro atoms. The summed E-state index contributed by atoms with van der Waals surface area (Å²) in [6.45, 7) is 0. The van der Waals surface area contributed by atoms with Crippen LogP contribution in [0.15, 0.2) is 36.5 Å². The van der Waals surface area contributed by atoms with Crippen molar-refractivity contribution in [3.63, 3.8) is 0 Å². The summed E-state index contributed by atoms with van der Waals surface area (Å²) in [7, 11) is 0. The average molecular weight is 307 g/mol. The summed E-state index contributed by atoms with van der Waals surface area (Å²) in [4.78, 5) is 4.08. The summed E-state index contributed by atoms with van der Waals surface area (Å²) in [5.41, 5.74) is 0.853. The third-order valence-electron chi connectivity index (χ3n) is 2.27. The maximum atomic E-state index is 13.4. The van der Waals surface area contributed by atoms with E-state index in [-0.39, 0.29) is 5.56 Å². The molecule has 0 saturated carbocycles. The molecule has 0 unspecified atom stereocenters. The predicted molar refractivity (Wildman–Crippen MR) is 68.1 cm³/mol. The van der Waals surface area contributed by atoms with Crippen LogP contribution >= 0.6 is 15.9 Å². The van der Waals surface area contributed by atoms with Crippen molar-refractivity contribution in [2.75, 3.05) is 0 Å². The third kappa shape index (κ3) is 2.66. The summed E-state index contributed by atoms with van der Waals surface area (Å²) in [5, 5.41) is 9.22. The quantitative estimate of drug-likeness (QED) is 0.811. The molecule has 0 aliphatic carbocycles. The molecule has 0 saturated heterocycles. The summed E-state index contributed by atoms with van der Waals surface area (Å²) in [6.07, 6.45) is 1.60. The van der Waals surface area contributed by atoms with Crippen LogP contribution in [0.3, 0.4) is 0 Å². The lowest BCUT2D eigenvalue weighted by Crippen LogP contribution is -1.93. The Hall–Kier alpha value is -1.93. The Labute approximate surface area is 112 Å². The van der Waals surface area contributed by atoms with E-state index >= 15 is 0 Å². The van der Waals surface area contributed by atoms with Crippen molar-refractivity contribution in [1.29, 1.82) is 5.26 Å². The van der Waals surface area contributed by atoms with Gasteiger partial charge < -0.3 is 4.74 Å². The second kappa shape index (κ2) is 5.61. The minimum atomic E-state index is -0.605. The van der Waals surface area contributed by atoms with Crippen molar-refractivity contribution in [1.82, 2.24) is 4.98 Å². The van der Waals surface area contributed by atoms with Crippen molar-refractivity contribution in [2.45, 2.75) is 5.33 Å². The van der Waals surface area contributed by atoms with Gasteiger partial charge in [0.1, 0.15) is 17.6 Å². The molecule has 0 amide bonds. The lowest BCUT2D eigenvalue weighted by molar-refractivity contribution is 0.454. The van der Waals surface area contributed by atoms with E-state index in [2.05, 4.69) is 20.9 Å². The number of aromatic nitrogens is 1. The van der Waals surface area contributed by atoms with Gasteiger partial charge in [0, 0.05) is 23.2 Å². The molecule has 90 valence electrons. The summed E-state index contributed by atoms with van der Waals surface area (Å²) in [5.74, 6) is 0.122. The molecule has 0 fully saturated rings. The fraction of sp³-hybridized carbons (Fsp3) is 0.0769. The number of ether oxygens (including phenoxy) is 1. The van der Waals surface area contributed by atoms with Crippen LogP contribution in [-0.4, -0.2) is 4.98 Å². The molecule has 5 heteroatoms. The van der Waals surface area contributed by atoms with Crippen molar-refractivity contribution in [2.24, 2.45) is 0 Å². The first-order valence-corrected chi connectivity index (χ1v) is 6.24. The zero-order valence-corrected chi connectivity index (χ0v) is 10.8. The first kappa shape index (κ1) is 12.5. The lowest BCUT2D eigenvalue weighted by Gasteiger charge is -2.08. The molecule has 3 nitrogen and oxygen atoms in total. The van der Waals surface area contributed by atoms with Crippen molar-refractivity contribution in [3.05, 3.63) is 53.5 Å². The molecule has 0 atom stereocenters. The number of pyridine rings is 1. The minimum absolute atomic E-state index is 0.0101. The molecule has 0 aliphatic heterocycles. The van der Waals surface area contributed by atoms with Gasteiger partial charge in [0.2, 0.25) is 5.88 Å². The van der Waals surface area contributed by atoms with Gasteiger partial charge in [-0.2, -0.15) is 5.26 Å². The molecule has 1 heterocycles. The van der Waals surface area contributed by atoms with Crippen molar-refractivity contribution < 1.29 is 9.13 Å². The molecular formula is C13H8BrFN2O. The van der Waals surface area contributed by atoms with Gasteiger partial charge in [0.25, 0.3) is 0 Å². The highest BCUT2D eigenvalue weighted by Gasteiger charge is 2.07. The van der Waals surface area contributed by atoms with Gasteiger partial charge >= 0.3 is 0 Å². The van der Waals surface area contributed by atoms with Crippen LogP contribution in [0, 0.1) is 17.1 Å². The molecule has 2 rings (SSSR count). The molecule has 0 bridgehead atoms. The molecule has 0 aliphatic rings. The van der Waals surface area contributed by atoms with Gasteiger partial charge in [-0.05, 0) is 18.2 Å². The molecule has 18 heavy (non-hydrogen) atoms. The fourth-order valence-electron chi connectivity index (χ4n) is 1.38. The van der Waals surface area contributed by atoms with Gasteiger partial charge in [-0.25, -0.2) is 9.37 Å². The second-order valence-corrected chi connectivity index (χ2v) is 4.02. The average Bonchev–Trinajstić information content (AvgIpc) is 2.39. The van der Waals surface area contributed by atoms with Crippen LogP contribution in [0.4, 0.5) is 4.39 Å².